The number of amides is 1. The maximum absolute atomic E-state index is 12.2. The van der Waals surface area contributed by atoms with Crippen molar-refractivity contribution in [3.05, 3.63) is 0 Å². The molecule has 2 aliphatic rings. The highest BCUT2D eigenvalue weighted by molar-refractivity contribution is 5.69. The van der Waals surface area contributed by atoms with Crippen LogP contribution in [-0.4, -0.2) is 41.8 Å². The van der Waals surface area contributed by atoms with Crippen molar-refractivity contribution >= 4 is 6.09 Å². The second-order valence-corrected chi connectivity index (χ2v) is 7.46. The van der Waals surface area contributed by atoms with Crippen molar-refractivity contribution < 1.29 is 9.53 Å². The Bertz CT molecular complexity index is 334. The Morgan fingerprint density at radius 1 is 1.35 bits per heavy atom. The molecule has 1 N–H and O–H groups in total. The van der Waals surface area contributed by atoms with Crippen molar-refractivity contribution in [2.75, 3.05) is 13.1 Å². The molecule has 2 atom stereocenters. The molecule has 0 aromatic heterocycles. The third kappa shape index (κ3) is 4.97. The molecule has 1 amide bonds. The van der Waals surface area contributed by atoms with Gasteiger partial charge in [0, 0.05) is 25.2 Å². The Hall–Kier alpha value is -0.770. The molecule has 1 aliphatic heterocycles. The number of nitrogens with zero attached hydrogens (tertiary/aromatic N) is 1. The van der Waals surface area contributed by atoms with Crippen molar-refractivity contribution in [3.8, 4) is 0 Å². The van der Waals surface area contributed by atoms with Gasteiger partial charge in [-0.25, -0.2) is 4.79 Å². The summed E-state index contributed by atoms with van der Waals surface area (Å²) < 4.78 is 5.49. The van der Waals surface area contributed by atoms with Gasteiger partial charge >= 0.3 is 6.09 Å². The van der Waals surface area contributed by atoms with Crippen LogP contribution >= 0.6 is 0 Å². The average molecular weight is 282 g/mol. The van der Waals surface area contributed by atoms with Crippen molar-refractivity contribution in [3.63, 3.8) is 0 Å². The van der Waals surface area contributed by atoms with E-state index in [2.05, 4.69) is 12.2 Å². The summed E-state index contributed by atoms with van der Waals surface area (Å²) >= 11 is 0. The third-order valence-electron chi connectivity index (χ3n) is 4.09. The van der Waals surface area contributed by atoms with Crippen LogP contribution < -0.4 is 5.32 Å². The minimum Gasteiger partial charge on any atom is -0.444 e. The highest BCUT2D eigenvalue weighted by atomic mass is 16.6. The van der Waals surface area contributed by atoms with Crippen molar-refractivity contribution in [1.29, 1.82) is 0 Å². The Morgan fingerprint density at radius 2 is 2.05 bits per heavy atom. The topological polar surface area (TPSA) is 41.6 Å². The van der Waals surface area contributed by atoms with Crippen molar-refractivity contribution in [2.24, 2.45) is 5.92 Å². The van der Waals surface area contributed by atoms with Crippen LogP contribution in [0, 0.1) is 5.92 Å². The molecule has 1 saturated heterocycles. The fourth-order valence-electron chi connectivity index (χ4n) is 2.88. The number of nitrogens with one attached hydrogen (secondary N) is 1. The zero-order valence-corrected chi connectivity index (χ0v) is 13.4. The largest absolute Gasteiger partial charge is 0.444 e. The zero-order valence-electron chi connectivity index (χ0n) is 13.4. The van der Waals surface area contributed by atoms with Gasteiger partial charge in [-0.2, -0.15) is 0 Å². The molecule has 0 spiro atoms. The molecule has 0 aromatic carbocycles. The summed E-state index contributed by atoms with van der Waals surface area (Å²) in [6, 6.07) is 0.857. The number of carbonyl (C=O) groups is 1. The van der Waals surface area contributed by atoms with Gasteiger partial charge in [-0.1, -0.05) is 12.8 Å². The van der Waals surface area contributed by atoms with Crippen LogP contribution in [0.25, 0.3) is 0 Å². The Labute approximate surface area is 123 Å². The number of likely N-dealkylation sites (tertiary alicyclic amines) is 1. The Balaban J connectivity index is 1.76. The number of hydrogen-bond donors (Lipinski definition) is 1. The Kier molecular flexibility index (Phi) is 4.95. The molecule has 20 heavy (non-hydrogen) atoms. The second-order valence-electron chi connectivity index (χ2n) is 7.46. The zero-order chi connectivity index (χ0) is 14.8. The van der Waals surface area contributed by atoms with Crippen LogP contribution in [0.5, 0.6) is 0 Å². The van der Waals surface area contributed by atoms with Crippen LogP contribution in [0.2, 0.25) is 0 Å². The smallest absolute Gasteiger partial charge is 0.410 e. The Morgan fingerprint density at radius 3 is 2.65 bits per heavy atom. The van der Waals surface area contributed by atoms with E-state index in [-0.39, 0.29) is 6.09 Å². The van der Waals surface area contributed by atoms with Crippen LogP contribution in [0.3, 0.4) is 0 Å². The number of hydrogen-bond acceptors (Lipinski definition) is 3. The van der Waals surface area contributed by atoms with Gasteiger partial charge in [0.05, 0.1) is 0 Å². The molecule has 0 radical (unpaired) electrons. The van der Waals surface area contributed by atoms with Gasteiger partial charge in [-0.15, -0.1) is 0 Å². The molecule has 0 bridgehead atoms. The lowest BCUT2D eigenvalue weighted by Crippen LogP contribution is -2.45. The first kappa shape index (κ1) is 15.6. The summed E-state index contributed by atoms with van der Waals surface area (Å²) in [5.41, 5.74) is -0.406. The van der Waals surface area contributed by atoms with E-state index in [1.807, 2.05) is 25.7 Å². The first-order chi connectivity index (χ1) is 9.35. The first-order valence-corrected chi connectivity index (χ1v) is 8.08. The van der Waals surface area contributed by atoms with Crippen molar-refractivity contribution in [1.82, 2.24) is 10.2 Å². The van der Waals surface area contributed by atoms with E-state index < -0.39 is 5.60 Å². The minimum absolute atomic E-state index is 0.156. The molecule has 1 aliphatic carbocycles. The van der Waals surface area contributed by atoms with E-state index in [0.29, 0.717) is 12.1 Å². The fourth-order valence-corrected chi connectivity index (χ4v) is 2.88. The molecule has 116 valence electrons. The van der Waals surface area contributed by atoms with Gasteiger partial charge in [0.15, 0.2) is 0 Å². The highest BCUT2D eigenvalue weighted by Crippen LogP contribution is 2.33. The second kappa shape index (κ2) is 6.33. The molecule has 0 aromatic rings. The quantitative estimate of drug-likeness (QED) is 0.842. The van der Waals surface area contributed by atoms with Crippen LogP contribution in [0.1, 0.15) is 59.8 Å². The van der Waals surface area contributed by atoms with E-state index in [4.69, 9.17) is 4.74 Å². The van der Waals surface area contributed by atoms with E-state index in [0.717, 1.165) is 31.8 Å². The third-order valence-corrected chi connectivity index (χ3v) is 4.09. The van der Waals surface area contributed by atoms with Gasteiger partial charge in [-0.3, -0.25) is 0 Å². The normalized spacial score (nSPS) is 24.8. The molecule has 2 unspecified atom stereocenters. The lowest BCUT2D eigenvalue weighted by molar-refractivity contribution is 0.0224. The predicted octanol–water partition coefficient (Wildman–Crippen LogP) is 3.16. The van der Waals surface area contributed by atoms with E-state index in [1.54, 1.807) is 0 Å². The molecule has 2 rings (SSSR count). The maximum atomic E-state index is 12.2. The van der Waals surface area contributed by atoms with Gasteiger partial charge in [-0.05, 0) is 52.9 Å². The van der Waals surface area contributed by atoms with Crippen LogP contribution in [-0.2, 0) is 4.74 Å². The standard InChI is InChI=1S/C16H30N2O2/c1-12(10-13-7-8-13)17-11-14-6-5-9-18(14)15(19)20-16(2,3)4/h12-14,17H,5-11H2,1-4H3. The summed E-state index contributed by atoms with van der Waals surface area (Å²) in [6.45, 7) is 9.75. The maximum Gasteiger partial charge on any atom is 0.410 e. The molecule has 4 heteroatoms. The summed E-state index contributed by atoms with van der Waals surface area (Å²) in [7, 11) is 0. The van der Waals surface area contributed by atoms with E-state index in [1.165, 1.54) is 19.3 Å². The van der Waals surface area contributed by atoms with E-state index >= 15 is 0 Å². The molecule has 2 fully saturated rings. The van der Waals surface area contributed by atoms with Crippen LogP contribution in [0.15, 0.2) is 0 Å². The predicted molar refractivity (Wildman–Crippen MR) is 80.8 cm³/mol. The molecule has 1 saturated carbocycles. The van der Waals surface area contributed by atoms with E-state index in [9.17, 15) is 4.79 Å². The van der Waals surface area contributed by atoms with Crippen LogP contribution in [0.4, 0.5) is 4.79 Å². The lowest BCUT2D eigenvalue weighted by atomic mass is 10.1. The monoisotopic (exact) mass is 282 g/mol. The SMILES string of the molecule is CC(CC1CC1)NCC1CCCN1C(=O)OC(C)(C)C. The first-order valence-electron chi connectivity index (χ1n) is 8.08. The van der Waals surface area contributed by atoms with Gasteiger partial charge in [0.25, 0.3) is 0 Å². The number of carbonyl (C=O) groups excluding carboxylic acids is 1. The number of rotatable bonds is 5. The summed E-state index contributed by atoms with van der Waals surface area (Å²) in [5.74, 6) is 0.947. The van der Waals surface area contributed by atoms with Gasteiger partial charge in [0.1, 0.15) is 5.60 Å². The lowest BCUT2D eigenvalue weighted by Gasteiger charge is -2.29. The fraction of sp³-hybridized carbons (Fsp3) is 0.938. The molecule has 4 nitrogen and oxygen atoms in total. The summed E-state index contributed by atoms with van der Waals surface area (Å²) in [6.07, 6.45) is 6.10. The van der Waals surface area contributed by atoms with Crippen molar-refractivity contribution in [2.45, 2.75) is 77.5 Å². The summed E-state index contributed by atoms with van der Waals surface area (Å²) in [5, 5.41) is 3.59. The minimum atomic E-state index is -0.406. The molecule has 1 heterocycles. The van der Waals surface area contributed by atoms with Gasteiger partial charge < -0.3 is 15.0 Å². The highest BCUT2D eigenvalue weighted by Gasteiger charge is 2.32. The average Bonchev–Trinajstić information content (AvgIpc) is 2.99. The molecular weight excluding hydrogens is 252 g/mol. The van der Waals surface area contributed by atoms with Gasteiger partial charge in [0.2, 0.25) is 0 Å². The summed E-state index contributed by atoms with van der Waals surface area (Å²) in [4.78, 5) is 14.1. The molecular formula is C16H30N2O2. The number of ether oxygens (including phenoxy) is 1.